The molecule has 0 bridgehead atoms. The molecule has 0 atom stereocenters. The number of nitrogens with one attached hydrogen (secondary N) is 1. The van der Waals surface area contributed by atoms with E-state index in [1.54, 1.807) is 4.40 Å². The van der Waals surface area contributed by atoms with Crippen LogP contribution in [-0.2, 0) is 6.54 Å². The number of hydrogen-bond acceptors (Lipinski definition) is 3. The summed E-state index contributed by atoms with van der Waals surface area (Å²) in [5.74, 6) is 1.23. The smallest absolute Gasteiger partial charge is 0.284 e. The molecule has 6 nitrogen and oxygen atoms in total. The quantitative estimate of drug-likeness (QED) is 0.567. The highest BCUT2D eigenvalue weighted by Gasteiger charge is 2.19. The van der Waals surface area contributed by atoms with Crippen LogP contribution in [0.4, 0.5) is 0 Å². The van der Waals surface area contributed by atoms with E-state index < -0.39 is 0 Å². The van der Waals surface area contributed by atoms with Crippen molar-refractivity contribution in [3.05, 3.63) is 52.7 Å². The first-order valence-corrected chi connectivity index (χ1v) is 8.73. The number of nitrogens with zero attached hydrogens (tertiary/aromatic N) is 4. The van der Waals surface area contributed by atoms with Crippen LogP contribution in [0.15, 0.2) is 41.3 Å². The van der Waals surface area contributed by atoms with Crippen LogP contribution in [-0.4, -0.2) is 24.1 Å². The number of aromatic amines is 1. The molecule has 25 heavy (non-hydrogen) atoms. The van der Waals surface area contributed by atoms with Crippen molar-refractivity contribution in [3.8, 4) is 11.1 Å². The fourth-order valence-corrected chi connectivity index (χ4v) is 3.40. The molecule has 3 aromatic heterocycles. The number of benzene rings is 1. The van der Waals surface area contributed by atoms with Crippen LogP contribution in [0.25, 0.3) is 27.9 Å². The zero-order chi connectivity index (χ0) is 17.4. The molecule has 0 fully saturated rings. The van der Waals surface area contributed by atoms with E-state index in [4.69, 9.17) is 0 Å². The molecule has 1 aromatic carbocycles. The average molecular weight is 335 g/mol. The Kier molecular flexibility index (Phi) is 3.87. The van der Waals surface area contributed by atoms with Gasteiger partial charge in [-0.3, -0.25) is 4.79 Å². The molecule has 3 heterocycles. The fourth-order valence-electron chi connectivity index (χ4n) is 3.40. The van der Waals surface area contributed by atoms with Crippen LogP contribution in [0.2, 0.25) is 0 Å². The van der Waals surface area contributed by atoms with Gasteiger partial charge in [-0.2, -0.15) is 0 Å². The Morgan fingerprint density at radius 3 is 2.68 bits per heavy atom. The van der Waals surface area contributed by atoms with Gasteiger partial charge in [0.2, 0.25) is 5.78 Å². The maximum atomic E-state index is 12.9. The van der Waals surface area contributed by atoms with Crippen LogP contribution in [0.1, 0.15) is 32.0 Å². The second-order valence-corrected chi connectivity index (χ2v) is 6.34. The van der Waals surface area contributed by atoms with Gasteiger partial charge in [0, 0.05) is 18.3 Å². The van der Waals surface area contributed by atoms with E-state index in [2.05, 4.69) is 38.8 Å². The number of unbranched alkanes of at least 4 members (excludes halogenated alkanes) is 2. The highest BCUT2D eigenvalue weighted by Crippen LogP contribution is 2.28. The first-order chi connectivity index (χ1) is 12.2. The minimum Gasteiger partial charge on any atom is -0.355 e. The zero-order valence-electron chi connectivity index (χ0n) is 14.5. The minimum absolute atomic E-state index is 0.0959. The number of rotatable bonds is 5. The van der Waals surface area contributed by atoms with Crippen LogP contribution in [0.3, 0.4) is 0 Å². The van der Waals surface area contributed by atoms with E-state index in [9.17, 15) is 4.79 Å². The number of H-pyrrole nitrogens is 1. The van der Waals surface area contributed by atoms with E-state index in [1.165, 1.54) is 0 Å². The number of hydrogen-bond donors (Lipinski definition) is 1. The van der Waals surface area contributed by atoms with Crippen molar-refractivity contribution in [3.63, 3.8) is 0 Å². The van der Waals surface area contributed by atoms with Crippen molar-refractivity contribution in [1.82, 2.24) is 24.1 Å². The van der Waals surface area contributed by atoms with Crippen molar-refractivity contribution < 1.29 is 0 Å². The molecule has 0 spiro atoms. The van der Waals surface area contributed by atoms with Crippen molar-refractivity contribution in [2.75, 3.05) is 0 Å². The molecule has 4 aromatic rings. The molecule has 128 valence electrons. The largest absolute Gasteiger partial charge is 0.355 e. The Morgan fingerprint density at radius 2 is 1.92 bits per heavy atom. The van der Waals surface area contributed by atoms with Crippen LogP contribution >= 0.6 is 0 Å². The van der Waals surface area contributed by atoms with E-state index in [0.29, 0.717) is 17.1 Å². The Bertz CT molecular complexity index is 1090. The predicted octanol–water partition coefficient (Wildman–Crippen LogP) is 3.54. The Morgan fingerprint density at radius 1 is 1.12 bits per heavy atom. The molecule has 0 aliphatic heterocycles. The van der Waals surface area contributed by atoms with Gasteiger partial charge in [-0.25, -0.2) is 4.40 Å². The Balaban J connectivity index is 2.05. The summed E-state index contributed by atoms with van der Waals surface area (Å²) in [5, 5.41) is 8.41. The molecule has 6 heteroatoms. The van der Waals surface area contributed by atoms with Crippen molar-refractivity contribution in [1.29, 1.82) is 0 Å². The minimum atomic E-state index is -0.0959. The van der Waals surface area contributed by atoms with E-state index in [-0.39, 0.29) is 5.56 Å². The summed E-state index contributed by atoms with van der Waals surface area (Å²) >= 11 is 0. The lowest BCUT2D eigenvalue weighted by Crippen LogP contribution is -2.20. The highest BCUT2D eigenvalue weighted by molar-refractivity contribution is 5.93. The Labute approximate surface area is 145 Å². The molecule has 0 unspecified atom stereocenters. The van der Waals surface area contributed by atoms with Crippen molar-refractivity contribution >= 4 is 16.8 Å². The van der Waals surface area contributed by atoms with Gasteiger partial charge in [-0.15, -0.1) is 10.2 Å². The third kappa shape index (κ3) is 2.45. The van der Waals surface area contributed by atoms with Gasteiger partial charge in [0.1, 0.15) is 11.3 Å². The molecule has 4 rings (SSSR count). The standard InChI is InChI=1S/C19H21N5O/c1-3-4-8-11-23-17-15(14-9-6-5-7-10-14)12-20-16(17)18(25)24-13(2)21-22-19(23)24/h5-7,9-10,12,20H,3-4,8,11H2,1-2H3. The Hall–Kier alpha value is -2.89. The van der Waals surface area contributed by atoms with Gasteiger partial charge >= 0.3 is 0 Å². The lowest BCUT2D eigenvalue weighted by atomic mass is 10.1. The molecule has 0 aliphatic carbocycles. The van der Waals surface area contributed by atoms with Crippen molar-refractivity contribution in [2.45, 2.75) is 39.7 Å². The molecule has 1 N–H and O–H groups in total. The van der Waals surface area contributed by atoms with Crippen molar-refractivity contribution in [2.24, 2.45) is 0 Å². The summed E-state index contributed by atoms with van der Waals surface area (Å²) in [7, 11) is 0. The van der Waals surface area contributed by atoms with Gasteiger partial charge in [0.15, 0.2) is 0 Å². The summed E-state index contributed by atoms with van der Waals surface area (Å²) < 4.78 is 3.73. The van der Waals surface area contributed by atoms with Crippen LogP contribution in [0.5, 0.6) is 0 Å². The van der Waals surface area contributed by atoms with Gasteiger partial charge in [-0.05, 0) is 18.9 Å². The topological polar surface area (TPSA) is 68.0 Å². The lowest BCUT2D eigenvalue weighted by Gasteiger charge is -2.12. The molecule has 0 saturated heterocycles. The van der Waals surface area contributed by atoms with Crippen LogP contribution < -0.4 is 5.56 Å². The van der Waals surface area contributed by atoms with E-state index >= 15 is 0 Å². The molecule has 0 aliphatic rings. The van der Waals surface area contributed by atoms with E-state index in [1.807, 2.05) is 31.3 Å². The van der Waals surface area contributed by atoms with Gasteiger partial charge in [0.05, 0.1) is 5.52 Å². The summed E-state index contributed by atoms with van der Waals surface area (Å²) in [5.41, 5.74) is 3.52. The first-order valence-electron chi connectivity index (χ1n) is 8.73. The zero-order valence-corrected chi connectivity index (χ0v) is 14.5. The molecule has 0 radical (unpaired) electrons. The monoisotopic (exact) mass is 335 g/mol. The van der Waals surface area contributed by atoms with Gasteiger partial charge in [-0.1, -0.05) is 50.1 Å². The fraction of sp³-hybridized carbons (Fsp3) is 0.316. The predicted molar refractivity (Wildman–Crippen MR) is 98.8 cm³/mol. The first kappa shape index (κ1) is 15.6. The normalized spacial score (nSPS) is 11.6. The third-order valence-electron chi connectivity index (χ3n) is 4.66. The lowest BCUT2D eigenvalue weighted by molar-refractivity contribution is 0.615. The second kappa shape index (κ2) is 6.20. The number of fused-ring (bicyclic) bond motifs is 2. The second-order valence-electron chi connectivity index (χ2n) is 6.34. The number of aryl methyl sites for hydroxylation is 2. The average Bonchev–Trinajstić information content (AvgIpc) is 3.24. The maximum Gasteiger partial charge on any atom is 0.284 e. The summed E-state index contributed by atoms with van der Waals surface area (Å²) in [6, 6.07) is 10.1. The molecular weight excluding hydrogens is 314 g/mol. The van der Waals surface area contributed by atoms with E-state index in [0.717, 1.165) is 42.5 Å². The SMILES string of the molecule is CCCCCn1c2c(-c3ccccc3)c[nH]c2c(=O)n2c(C)nnc12. The summed E-state index contributed by atoms with van der Waals surface area (Å²) in [6.07, 6.45) is 5.23. The third-order valence-corrected chi connectivity index (χ3v) is 4.66. The van der Waals surface area contributed by atoms with Gasteiger partial charge < -0.3 is 9.55 Å². The molecule has 0 saturated carbocycles. The molecule has 0 amide bonds. The highest BCUT2D eigenvalue weighted by atomic mass is 16.1. The number of aromatic nitrogens is 5. The molecular formula is C19H21N5O. The van der Waals surface area contributed by atoms with Crippen LogP contribution in [0, 0.1) is 6.92 Å². The summed E-state index contributed by atoms with van der Waals surface area (Å²) in [6.45, 7) is 4.80. The van der Waals surface area contributed by atoms with Gasteiger partial charge in [0.25, 0.3) is 5.56 Å². The maximum absolute atomic E-state index is 12.9. The summed E-state index contributed by atoms with van der Waals surface area (Å²) in [4.78, 5) is 16.1.